The van der Waals surface area contributed by atoms with Crippen molar-refractivity contribution in [3.05, 3.63) is 71.8 Å². The Balaban J connectivity index is 1.42. The number of methoxy groups -OCH3 is 2. The van der Waals surface area contributed by atoms with Crippen LogP contribution in [-0.4, -0.2) is 41.7 Å². The zero-order valence-electron chi connectivity index (χ0n) is 19.2. The Hall–Kier alpha value is -3.72. The standard InChI is InChI=1S/C25H26N2O6S/c1-17-14-20(34(29,30)27-13-12-18-6-4-5-7-21(18)27)9-11-22(17)33-16-25(28)26-19-8-10-23(31-2)24(15-19)32-3/h4-11,14-15H,12-13,16H2,1-3H3,(H,26,28). The maximum Gasteiger partial charge on any atom is 0.264 e. The molecule has 9 heteroatoms. The van der Waals surface area contributed by atoms with Gasteiger partial charge in [-0.3, -0.25) is 9.10 Å². The van der Waals surface area contributed by atoms with Gasteiger partial charge >= 0.3 is 0 Å². The number of hydrogen-bond acceptors (Lipinski definition) is 6. The molecule has 0 aliphatic carbocycles. The highest BCUT2D eigenvalue weighted by Gasteiger charge is 2.30. The molecule has 1 aliphatic heterocycles. The Morgan fingerprint density at radius 2 is 1.71 bits per heavy atom. The van der Waals surface area contributed by atoms with Gasteiger partial charge in [-0.2, -0.15) is 0 Å². The van der Waals surface area contributed by atoms with E-state index < -0.39 is 10.0 Å². The average molecular weight is 483 g/mol. The third-order valence-electron chi connectivity index (χ3n) is 5.60. The summed E-state index contributed by atoms with van der Waals surface area (Å²) >= 11 is 0. The van der Waals surface area contributed by atoms with E-state index >= 15 is 0 Å². The number of hydrogen-bond donors (Lipinski definition) is 1. The van der Waals surface area contributed by atoms with Crippen molar-refractivity contribution in [3.8, 4) is 17.2 Å². The first-order valence-electron chi connectivity index (χ1n) is 10.7. The number of nitrogens with zero attached hydrogens (tertiary/aromatic N) is 1. The van der Waals surface area contributed by atoms with E-state index in [1.807, 2.05) is 24.3 Å². The second kappa shape index (κ2) is 9.64. The molecule has 1 N–H and O–H groups in total. The SMILES string of the molecule is COc1ccc(NC(=O)COc2ccc(S(=O)(=O)N3CCc4ccccc43)cc2C)cc1OC. The molecular weight excluding hydrogens is 456 g/mol. The Morgan fingerprint density at radius 1 is 0.971 bits per heavy atom. The van der Waals surface area contributed by atoms with Crippen LogP contribution in [0.2, 0.25) is 0 Å². The minimum absolute atomic E-state index is 0.184. The first-order chi connectivity index (χ1) is 16.3. The molecule has 1 aliphatic rings. The first kappa shape index (κ1) is 23.4. The zero-order valence-corrected chi connectivity index (χ0v) is 20.0. The third kappa shape index (κ3) is 4.65. The number of rotatable bonds is 8. The second-order valence-electron chi connectivity index (χ2n) is 7.79. The van der Waals surface area contributed by atoms with Gasteiger partial charge in [-0.1, -0.05) is 18.2 Å². The van der Waals surface area contributed by atoms with Crippen LogP contribution in [0.1, 0.15) is 11.1 Å². The Labute approximate surface area is 199 Å². The van der Waals surface area contributed by atoms with E-state index in [1.165, 1.54) is 24.6 Å². The van der Waals surface area contributed by atoms with Crippen LogP contribution in [0.4, 0.5) is 11.4 Å². The molecule has 178 valence electrons. The molecule has 0 saturated heterocycles. The molecule has 0 unspecified atom stereocenters. The molecule has 4 rings (SSSR count). The lowest BCUT2D eigenvalue weighted by atomic mass is 10.2. The Kier molecular flexibility index (Phi) is 6.65. The van der Waals surface area contributed by atoms with Crippen molar-refractivity contribution in [2.45, 2.75) is 18.2 Å². The van der Waals surface area contributed by atoms with Gasteiger partial charge in [-0.25, -0.2) is 8.42 Å². The van der Waals surface area contributed by atoms with E-state index in [1.54, 1.807) is 37.3 Å². The molecule has 0 saturated carbocycles. The van der Waals surface area contributed by atoms with Gasteiger partial charge in [0, 0.05) is 18.3 Å². The van der Waals surface area contributed by atoms with Gasteiger partial charge < -0.3 is 19.5 Å². The highest BCUT2D eigenvalue weighted by atomic mass is 32.2. The molecule has 1 amide bonds. The summed E-state index contributed by atoms with van der Waals surface area (Å²) in [5.41, 5.74) is 2.89. The lowest BCUT2D eigenvalue weighted by Gasteiger charge is -2.20. The number of para-hydroxylation sites is 1. The van der Waals surface area contributed by atoms with Crippen LogP contribution < -0.4 is 23.8 Å². The van der Waals surface area contributed by atoms with E-state index in [4.69, 9.17) is 14.2 Å². The van der Waals surface area contributed by atoms with Crippen molar-refractivity contribution < 1.29 is 27.4 Å². The number of aryl methyl sites for hydroxylation is 1. The smallest absolute Gasteiger partial charge is 0.264 e. The highest BCUT2D eigenvalue weighted by molar-refractivity contribution is 7.92. The highest BCUT2D eigenvalue weighted by Crippen LogP contribution is 2.34. The van der Waals surface area contributed by atoms with E-state index in [9.17, 15) is 13.2 Å². The molecule has 0 aromatic heterocycles. The predicted octanol–water partition coefficient (Wildman–Crippen LogP) is 3.78. The predicted molar refractivity (Wildman–Crippen MR) is 130 cm³/mol. The Morgan fingerprint density at radius 3 is 2.44 bits per heavy atom. The van der Waals surface area contributed by atoms with Crippen molar-refractivity contribution in [2.75, 3.05) is 37.0 Å². The second-order valence-corrected chi connectivity index (χ2v) is 9.65. The largest absolute Gasteiger partial charge is 0.493 e. The lowest BCUT2D eigenvalue weighted by Crippen LogP contribution is -2.29. The molecule has 1 heterocycles. The van der Waals surface area contributed by atoms with Crippen molar-refractivity contribution in [2.24, 2.45) is 0 Å². The summed E-state index contributed by atoms with van der Waals surface area (Å²) in [7, 11) is -0.649. The normalized spacial score (nSPS) is 12.7. The molecule has 0 radical (unpaired) electrons. The minimum atomic E-state index is -3.70. The topological polar surface area (TPSA) is 94.2 Å². The quantitative estimate of drug-likeness (QED) is 0.525. The summed E-state index contributed by atoms with van der Waals surface area (Å²) in [6.07, 6.45) is 0.685. The molecule has 3 aromatic carbocycles. The number of ether oxygens (including phenoxy) is 3. The number of anilines is 2. The van der Waals surface area contributed by atoms with Gasteiger partial charge in [0.2, 0.25) is 0 Å². The van der Waals surface area contributed by atoms with Gasteiger partial charge in [0.25, 0.3) is 15.9 Å². The van der Waals surface area contributed by atoms with Gasteiger partial charge in [0.15, 0.2) is 18.1 Å². The maximum atomic E-state index is 13.2. The van der Waals surface area contributed by atoms with Crippen LogP contribution in [0.15, 0.2) is 65.6 Å². The molecule has 0 bridgehead atoms. The van der Waals surface area contributed by atoms with Gasteiger partial charge in [0.1, 0.15) is 5.75 Å². The molecular formula is C25H26N2O6S. The fraction of sp³-hybridized carbons (Fsp3) is 0.240. The summed E-state index contributed by atoms with van der Waals surface area (Å²) in [5, 5.41) is 2.74. The van der Waals surface area contributed by atoms with Crippen LogP contribution in [-0.2, 0) is 21.2 Å². The monoisotopic (exact) mass is 482 g/mol. The summed E-state index contributed by atoms with van der Waals surface area (Å²) < 4.78 is 44.0. The Bertz CT molecular complexity index is 1320. The molecule has 0 spiro atoms. The van der Waals surface area contributed by atoms with Crippen LogP contribution in [0.5, 0.6) is 17.2 Å². The van der Waals surface area contributed by atoms with E-state index in [0.29, 0.717) is 47.2 Å². The first-order valence-corrected chi connectivity index (χ1v) is 12.1. The number of nitrogens with one attached hydrogen (secondary N) is 1. The van der Waals surface area contributed by atoms with Crippen LogP contribution in [0.25, 0.3) is 0 Å². The van der Waals surface area contributed by atoms with Crippen molar-refractivity contribution in [1.29, 1.82) is 0 Å². The van der Waals surface area contributed by atoms with E-state index in [2.05, 4.69) is 5.32 Å². The number of sulfonamides is 1. The van der Waals surface area contributed by atoms with Crippen molar-refractivity contribution in [1.82, 2.24) is 0 Å². The summed E-state index contributed by atoms with van der Waals surface area (Å²) in [6, 6.07) is 17.2. The zero-order chi connectivity index (χ0) is 24.3. The number of fused-ring (bicyclic) bond motifs is 1. The molecule has 8 nitrogen and oxygen atoms in total. The van der Waals surface area contributed by atoms with Gasteiger partial charge in [-0.05, 0) is 60.9 Å². The summed E-state index contributed by atoms with van der Waals surface area (Å²) in [6.45, 7) is 1.93. The van der Waals surface area contributed by atoms with Crippen LogP contribution >= 0.6 is 0 Å². The lowest BCUT2D eigenvalue weighted by molar-refractivity contribution is -0.118. The molecule has 0 fully saturated rings. The van der Waals surface area contributed by atoms with Crippen LogP contribution in [0.3, 0.4) is 0 Å². The van der Waals surface area contributed by atoms with Gasteiger partial charge in [-0.15, -0.1) is 0 Å². The number of carbonyl (C=O) groups excluding carboxylic acids is 1. The number of benzene rings is 3. The summed E-state index contributed by atoms with van der Waals surface area (Å²) in [4.78, 5) is 12.5. The average Bonchev–Trinajstić information content (AvgIpc) is 3.28. The third-order valence-corrected chi connectivity index (χ3v) is 7.41. The van der Waals surface area contributed by atoms with Crippen molar-refractivity contribution in [3.63, 3.8) is 0 Å². The van der Waals surface area contributed by atoms with Gasteiger partial charge in [0.05, 0.1) is 24.8 Å². The molecule has 34 heavy (non-hydrogen) atoms. The van der Waals surface area contributed by atoms with Crippen LogP contribution in [0, 0.1) is 6.92 Å². The van der Waals surface area contributed by atoms with Crippen molar-refractivity contribution >= 4 is 27.3 Å². The van der Waals surface area contributed by atoms with E-state index in [-0.39, 0.29) is 17.4 Å². The molecule has 0 atom stereocenters. The summed E-state index contributed by atoms with van der Waals surface area (Å²) in [5.74, 6) is 1.12. The fourth-order valence-electron chi connectivity index (χ4n) is 3.88. The maximum absolute atomic E-state index is 13.2. The number of carbonyl (C=O) groups is 1. The number of amides is 1. The minimum Gasteiger partial charge on any atom is -0.493 e. The van der Waals surface area contributed by atoms with E-state index in [0.717, 1.165) is 5.56 Å². The fourth-order valence-corrected chi connectivity index (χ4v) is 5.47. The molecule has 3 aromatic rings.